The van der Waals surface area contributed by atoms with Crippen LogP contribution in [0.5, 0.6) is 0 Å². The number of halogens is 1. The van der Waals surface area contributed by atoms with Crippen molar-refractivity contribution >= 4 is 21.6 Å². The molecule has 0 bridgehead atoms. The molecule has 0 aromatic heterocycles. The van der Waals surface area contributed by atoms with Crippen LogP contribution in [0.3, 0.4) is 0 Å². The van der Waals surface area contributed by atoms with Gasteiger partial charge in [0.2, 0.25) is 0 Å². The molecular weight excluding hydrogens is 298 g/mol. The van der Waals surface area contributed by atoms with Gasteiger partial charge in [-0.15, -0.1) is 0 Å². The van der Waals surface area contributed by atoms with E-state index in [0.29, 0.717) is 6.04 Å². The number of para-hydroxylation sites is 1. The van der Waals surface area contributed by atoms with Crippen LogP contribution in [0.25, 0.3) is 0 Å². The molecule has 1 aromatic carbocycles. The van der Waals surface area contributed by atoms with Gasteiger partial charge < -0.3 is 5.32 Å². The highest BCUT2D eigenvalue weighted by molar-refractivity contribution is 9.10. The number of rotatable bonds is 10. The second kappa shape index (κ2) is 10.3. The second-order valence-corrected chi connectivity index (χ2v) is 6.17. The van der Waals surface area contributed by atoms with Crippen molar-refractivity contribution in [1.82, 2.24) is 0 Å². The highest BCUT2D eigenvalue weighted by atomic mass is 79.9. The van der Waals surface area contributed by atoms with E-state index in [4.69, 9.17) is 0 Å². The molecule has 0 saturated heterocycles. The molecule has 0 aliphatic heterocycles. The van der Waals surface area contributed by atoms with Crippen molar-refractivity contribution in [2.24, 2.45) is 0 Å². The zero-order valence-corrected chi connectivity index (χ0v) is 14.0. The third kappa shape index (κ3) is 7.00. The van der Waals surface area contributed by atoms with Crippen molar-refractivity contribution in [1.29, 1.82) is 0 Å². The van der Waals surface area contributed by atoms with Crippen molar-refractivity contribution in [3.8, 4) is 0 Å². The lowest BCUT2D eigenvalue weighted by molar-refractivity contribution is 0.526. The minimum absolute atomic E-state index is 0.622. The maximum absolute atomic E-state index is 3.72. The molecule has 1 nitrogen and oxygen atoms in total. The Kier molecular flexibility index (Phi) is 8.98. The van der Waals surface area contributed by atoms with Gasteiger partial charge in [0.25, 0.3) is 0 Å². The smallest absolute Gasteiger partial charge is 0.0486 e. The van der Waals surface area contributed by atoms with Crippen LogP contribution in [0.4, 0.5) is 5.69 Å². The fraction of sp³-hybridized carbons (Fsp3) is 0.647. The average Bonchev–Trinajstić information content (AvgIpc) is 2.41. The van der Waals surface area contributed by atoms with E-state index in [1.807, 2.05) is 0 Å². The fourth-order valence-corrected chi connectivity index (χ4v) is 2.77. The third-order valence-corrected chi connectivity index (χ3v) is 4.24. The molecule has 0 saturated carbocycles. The third-order valence-electron chi connectivity index (χ3n) is 3.55. The molecule has 0 amide bonds. The Hall–Kier alpha value is -0.500. The van der Waals surface area contributed by atoms with Crippen molar-refractivity contribution in [2.75, 3.05) is 5.32 Å². The molecule has 0 fully saturated rings. The Morgan fingerprint density at radius 2 is 1.53 bits per heavy atom. The highest BCUT2D eigenvalue weighted by Crippen LogP contribution is 2.24. The number of hydrogen-bond donors (Lipinski definition) is 1. The second-order valence-electron chi connectivity index (χ2n) is 5.31. The van der Waals surface area contributed by atoms with Crippen molar-refractivity contribution in [2.45, 2.75) is 71.3 Å². The minimum Gasteiger partial charge on any atom is -0.381 e. The lowest BCUT2D eigenvalue weighted by Crippen LogP contribution is -2.19. The molecule has 1 aromatic rings. The van der Waals surface area contributed by atoms with Crippen LogP contribution in [0.15, 0.2) is 28.7 Å². The molecule has 0 unspecified atom stereocenters. The normalized spacial score (nSPS) is 10.9. The molecular formula is C17H28BrN. The predicted molar refractivity (Wildman–Crippen MR) is 89.8 cm³/mol. The van der Waals surface area contributed by atoms with Crippen LogP contribution in [-0.2, 0) is 0 Å². The first-order valence-electron chi connectivity index (χ1n) is 7.79. The maximum atomic E-state index is 3.72. The molecule has 0 heterocycles. The van der Waals surface area contributed by atoms with Gasteiger partial charge in [0.1, 0.15) is 0 Å². The Labute approximate surface area is 127 Å². The molecule has 108 valence electrons. The lowest BCUT2D eigenvalue weighted by Gasteiger charge is -2.21. The molecule has 0 aliphatic carbocycles. The zero-order valence-electron chi connectivity index (χ0n) is 12.4. The van der Waals surface area contributed by atoms with E-state index in [1.165, 1.54) is 61.5 Å². The summed E-state index contributed by atoms with van der Waals surface area (Å²) in [5, 5.41) is 3.72. The summed E-state index contributed by atoms with van der Waals surface area (Å²) in [5.74, 6) is 0. The molecule has 19 heavy (non-hydrogen) atoms. The summed E-state index contributed by atoms with van der Waals surface area (Å²) in [6.07, 6.45) is 10.6. The Morgan fingerprint density at radius 1 is 0.947 bits per heavy atom. The molecule has 0 spiro atoms. The number of nitrogens with one attached hydrogen (secondary N) is 1. The first kappa shape index (κ1) is 16.6. The van der Waals surface area contributed by atoms with E-state index in [9.17, 15) is 0 Å². The summed E-state index contributed by atoms with van der Waals surface area (Å²) < 4.78 is 1.17. The SMILES string of the molecule is CCCCCC(CCCCC)Nc1ccccc1Br. The number of benzene rings is 1. The van der Waals surface area contributed by atoms with Crippen LogP contribution in [0.2, 0.25) is 0 Å². The Morgan fingerprint density at radius 3 is 2.05 bits per heavy atom. The molecule has 0 radical (unpaired) electrons. The van der Waals surface area contributed by atoms with E-state index in [2.05, 4.69) is 59.4 Å². The van der Waals surface area contributed by atoms with Crippen LogP contribution in [0.1, 0.15) is 65.2 Å². The first-order chi connectivity index (χ1) is 9.27. The predicted octanol–water partition coefficient (Wildman–Crippen LogP) is 6.39. The van der Waals surface area contributed by atoms with Crippen molar-refractivity contribution in [3.05, 3.63) is 28.7 Å². The van der Waals surface area contributed by atoms with E-state index in [0.717, 1.165) is 0 Å². The van der Waals surface area contributed by atoms with Crippen LogP contribution in [0, 0.1) is 0 Å². The van der Waals surface area contributed by atoms with Gasteiger partial charge in [-0.3, -0.25) is 0 Å². The van der Waals surface area contributed by atoms with Crippen LogP contribution >= 0.6 is 15.9 Å². The topological polar surface area (TPSA) is 12.0 Å². The Balaban J connectivity index is 2.49. The summed E-state index contributed by atoms with van der Waals surface area (Å²) >= 11 is 3.63. The van der Waals surface area contributed by atoms with Gasteiger partial charge in [-0.1, -0.05) is 64.5 Å². The van der Waals surface area contributed by atoms with Gasteiger partial charge in [-0.2, -0.15) is 0 Å². The van der Waals surface area contributed by atoms with Crippen molar-refractivity contribution < 1.29 is 0 Å². The van der Waals surface area contributed by atoms with Gasteiger partial charge in [0, 0.05) is 16.2 Å². The molecule has 0 atom stereocenters. The number of anilines is 1. The molecule has 1 N–H and O–H groups in total. The Bertz CT molecular complexity index is 328. The summed E-state index contributed by atoms with van der Waals surface area (Å²) in [7, 11) is 0. The average molecular weight is 326 g/mol. The molecule has 1 rings (SSSR count). The number of hydrogen-bond acceptors (Lipinski definition) is 1. The standard InChI is InChI=1S/C17H28BrN/c1-3-5-7-11-15(12-8-6-4-2)19-17-14-10-9-13-16(17)18/h9-10,13-15,19H,3-8,11-12H2,1-2H3. The van der Waals surface area contributed by atoms with E-state index >= 15 is 0 Å². The summed E-state index contributed by atoms with van der Waals surface area (Å²) in [4.78, 5) is 0. The lowest BCUT2D eigenvalue weighted by atomic mass is 10.0. The van der Waals surface area contributed by atoms with Gasteiger partial charge in [0.05, 0.1) is 0 Å². The zero-order chi connectivity index (χ0) is 13.9. The van der Waals surface area contributed by atoms with E-state index in [1.54, 1.807) is 0 Å². The number of unbranched alkanes of at least 4 members (excludes halogenated alkanes) is 4. The van der Waals surface area contributed by atoms with Gasteiger partial charge in [0.15, 0.2) is 0 Å². The van der Waals surface area contributed by atoms with E-state index < -0.39 is 0 Å². The molecule has 0 aliphatic rings. The quantitative estimate of drug-likeness (QED) is 0.491. The van der Waals surface area contributed by atoms with Crippen molar-refractivity contribution in [3.63, 3.8) is 0 Å². The molecule has 2 heteroatoms. The van der Waals surface area contributed by atoms with Gasteiger partial charge >= 0.3 is 0 Å². The largest absolute Gasteiger partial charge is 0.381 e. The minimum atomic E-state index is 0.622. The summed E-state index contributed by atoms with van der Waals surface area (Å²) in [6, 6.07) is 9.06. The van der Waals surface area contributed by atoms with E-state index in [-0.39, 0.29) is 0 Å². The maximum Gasteiger partial charge on any atom is 0.0486 e. The summed E-state index contributed by atoms with van der Waals surface area (Å²) in [5.41, 5.74) is 1.24. The fourth-order valence-electron chi connectivity index (χ4n) is 2.37. The van der Waals surface area contributed by atoms with Crippen LogP contribution < -0.4 is 5.32 Å². The van der Waals surface area contributed by atoms with Gasteiger partial charge in [-0.05, 0) is 40.9 Å². The monoisotopic (exact) mass is 325 g/mol. The van der Waals surface area contributed by atoms with Crippen LogP contribution in [-0.4, -0.2) is 6.04 Å². The first-order valence-corrected chi connectivity index (χ1v) is 8.58. The summed E-state index contributed by atoms with van der Waals surface area (Å²) in [6.45, 7) is 4.54. The van der Waals surface area contributed by atoms with Gasteiger partial charge in [-0.25, -0.2) is 0 Å². The highest BCUT2D eigenvalue weighted by Gasteiger charge is 2.09.